The van der Waals surface area contributed by atoms with E-state index in [1.165, 1.54) is 218 Å². The fourth-order valence-corrected chi connectivity index (χ4v) is 9.54. The molecule has 416 valence electrons. The van der Waals surface area contributed by atoms with Crippen molar-refractivity contribution in [1.82, 2.24) is 5.32 Å². The van der Waals surface area contributed by atoms with Crippen LogP contribution in [0.1, 0.15) is 284 Å². The highest BCUT2D eigenvalue weighted by Crippen LogP contribution is 2.23. The van der Waals surface area contributed by atoms with Crippen LogP contribution < -0.4 is 5.32 Å². The minimum Gasteiger partial charge on any atom is -0.394 e. The van der Waals surface area contributed by atoms with Gasteiger partial charge < -0.3 is 40.3 Å². The summed E-state index contributed by atoms with van der Waals surface area (Å²) in [4.78, 5) is 13.1. The third-order valence-electron chi connectivity index (χ3n) is 14.4. The maximum absolute atomic E-state index is 13.1. The van der Waals surface area contributed by atoms with Gasteiger partial charge in [0, 0.05) is 6.42 Å². The second kappa shape index (κ2) is 51.6. The number of rotatable bonds is 52. The average Bonchev–Trinajstić information content (AvgIpc) is 3.37. The molecule has 1 saturated heterocycles. The lowest BCUT2D eigenvalue weighted by molar-refractivity contribution is -0.302. The molecule has 9 heteroatoms. The number of carbonyl (C=O) groups is 1. The van der Waals surface area contributed by atoms with Gasteiger partial charge in [-0.05, 0) is 70.6 Å². The first-order valence-electron chi connectivity index (χ1n) is 30.4. The summed E-state index contributed by atoms with van der Waals surface area (Å²) in [6.07, 6.45) is 61.9. The van der Waals surface area contributed by atoms with E-state index in [4.69, 9.17) is 9.47 Å². The molecule has 0 spiro atoms. The van der Waals surface area contributed by atoms with Crippen molar-refractivity contribution in [3.63, 3.8) is 0 Å². The van der Waals surface area contributed by atoms with Gasteiger partial charge in [0.1, 0.15) is 24.4 Å². The predicted octanol–water partition coefficient (Wildman–Crippen LogP) is 15.3. The van der Waals surface area contributed by atoms with Gasteiger partial charge in [0.15, 0.2) is 6.29 Å². The first kappa shape index (κ1) is 67.2. The average molecular weight is 1000 g/mol. The van der Waals surface area contributed by atoms with Gasteiger partial charge in [-0.3, -0.25) is 4.79 Å². The number of nitrogens with one attached hydrogen (secondary N) is 1. The second-order valence-corrected chi connectivity index (χ2v) is 21.1. The molecule has 0 radical (unpaired) electrons. The molecular formula is C62H115NO8. The molecule has 1 fully saturated rings. The predicted molar refractivity (Wildman–Crippen MR) is 299 cm³/mol. The fourth-order valence-electron chi connectivity index (χ4n) is 9.54. The third-order valence-corrected chi connectivity index (χ3v) is 14.4. The lowest BCUT2D eigenvalue weighted by Crippen LogP contribution is -2.60. The standard InChI is InChI=1S/C62H115NO8/c1-3-5-7-9-11-13-15-17-19-21-23-25-27-28-29-30-32-34-36-38-40-42-44-46-48-50-52-58(66)63-55(54-70-62-61(69)60(68)59(67)57(53-64)71-62)56(65)51-49-47-45-43-41-39-37-35-33-31-26-24-22-20-18-16-14-12-10-8-6-4-2/h28-29,33,35,41,43,49,51,55-57,59-62,64-65,67-69H,3-27,30-32,34,36-40,42,44-48,50,52-54H2,1-2H3,(H,63,66)/b29-28-,35-33+,43-41+,51-49+. The van der Waals surface area contributed by atoms with Crippen molar-refractivity contribution in [3.05, 3.63) is 48.6 Å². The van der Waals surface area contributed by atoms with E-state index >= 15 is 0 Å². The van der Waals surface area contributed by atoms with Gasteiger partial charge >= 0.3 is 0 Å². The van der Waals surface area contributed by atoms with Gasteiger partial charge in [-0.2, -0.15) is 0 Å². The highest BCUT2D eigenvalue weighted by molar-refractivity contribution is 5.76. The minimum atomic E-state index is -1.58. The van der Waals surface area contributed by atoms with Crippen molar-refractivity contribution < 1.29 is 39.8 Å². The maximum atomic E-state index is 13.1. The van der Waals surface area contributed by atoms with E-state index in [-0.39, 0.29) is 12.5 Å². The number of unbranched alkanes of at least 4 members (excludes halogenated alkanes) is 36. The molecule has 9 nitrogen and oxygen atoms in total. The zero-order chi connectivity index (χ0) is 51.5. The minimum absolute atomic E-state index is 0.190. The molecule has 1 amide bonds. The van der Waals surface area contributed by atoms with Gasteiger partial charge in [-0.15, -0.1) is 0 Å². The summed E-state index contributed by atoms with van der Waals surface area (Å²) in [6.45, 7) is 3.79. The van der Waals surface area contributed by atoms with Crippen LogP contribution in [0.15, 0.2) is 48.6 Å². The molecule has 1 aliphatic rings. The van der Waals surface area contributed by atoms with Crippen LogP contribution in [-0.2, 0) is 14.3 Å². The number of ether oxygens (including phenoxy) is 2. The highest BCUT2D eigenvalue weighted by Gasteiger charge is 2.44. The van der Waals surface area contributed by atoms with Crippen LogP contribution in [0.4, 0.5) is 0 Å². The highest BCUT2D eigenvalue weighted by atomic mass is 16.7. The Morgan fingerprint density at radius 1 is 0.465 bits per heavy atom. The molecule has 0 aliphatic carbocycles. The second-order valence-electron chi connectivity index (χ2n) is 21.1. The van der Waals surface area contributed by atoms with Crippen molar-refractivity contribution in [1.29, 1.82) is 0 Å². The largest absolute Gasteiger partial charge is 0.394 e. The third kappa shape index (κ3) is 41.1. The van der Waals surface area contributed by atoms with Crippen LogP contribution in [0.3, 0.4) is 0 Å². The molecule has 71 heavy (non-hydrogen) atoms. The van der Waals surface area contributed by atoms with Crippen molar-refractivity contribution >= 4 is 5.91 Å². The van der Waals surface area contributed by atoms with Gasteiger partial charge in [0.25, 0.3) is 0 Å². The van der Waals surface area contributed by atoms with Crippen molar-refractivity contribution in [3.8, 4) is 0 Å². The Morgan fingerprint density at radius 3 is 1.18 bits per heavy atom. The van der Waals surface area contributed by atoms with Gasteiger partial charge in [0.05, 0.1) is 25.4 Å². The summed E-state index contributed by atoms with van der Waals surface area (Å²) in [5.41, 5.74) is 0. The zero-order valence-electron chi connectivity index (χ0n) is 46.2. The molecule has 7 unspecified atom stereocenters. The molecule has 1 heterocycles. The summed E-state index contributed by atoms with van der Waals surface area (Å²) < 4.78 is 11.3. The molecule has 0 aromatic rings. The van der Waals surface area contributed by atoms with E-state index in [1.54, 1.807) is 6.08 Å². The number of hydrogen-bond acceptors (Lipinski definition) is 8. The summed E-state index contributed by atoms with van der Waals surface area (Å²) in [5.74, 6) is -0.190. The Kier molecular flexibility index (Phi) is 48.8. The van der Waals surface area contributed by atoms with E-state index in [2.05, 4.69) is 55.6 Å². The maximum Gasteiger partial charge on any atom is 0.220 e. The van der Waals surface area contributed by atoms with Crippen LogP contribution in [0.5, 0.6) is 0 Å². The first-order chi connectivity index (χ1) is 34.8. The normalized spacial score (nSPS) is 19.6. The van der Waals surface area contributed by atoms with E-state index in [0.717, 1.165) is 44.9 Å². The summed E-state index contributed by atoms with van der Waals surface area (Å²) >= 11 is 0. The number of aliphatic hydroxyl groups excluding tert-OH is 5. The first-order valence-corrected chi connectivity index (χ1v) is 30.4. The van der Waals surface area contributed by atoms with Crippen molar-refractivity contribution in [2.24, 2.45) is 0 Å². The van der Waals surface area contributed by atoms with Crippen LogP contribution in [0.25, 0.3) is 0 Å². The molecule has 0 aromatic heterocycles. The Labute approximate surface area is 437 Å². The van der Waals surface area contributed by atoms with Crippen LogP contribution >= 0.6 is 0 Å². The molecule has 6 N–H and O–H groups in total. The number of aliphatic hydroxyl groups is 5. The quantitative estimate of drug-likeness (QED) is 0.0261. The molecule has 1 rings (SSSR count). The monoisotopic (exact) mass is 1000 g/mol. The smallest absolute Gasteiger partial charge is 0.220 e. The van der Waals surface area contributed by atoms with Crippen molar-refractivity contribution in [2.45, 2.75) is 326 Å². The Balaban J connectivity index is 2.24. The molecule has 0 aromatic carbocycles. The van der Waals surface area contributed by atoms with Crippen LogP contribution in [-0.4, -0.2) is 87.5 Å². The van der Waals surface area contributed by atoms with E-state index < -0.39 is 49.5 Å². The Bertz CT molecular complexity index is 1250. The molecule has 0 saturated carbocycles. The van der Waals surface area contributed by atoms with Crippen molar-refractivity contribution in [2.75, 3.05) is 13.2 Å². The van der Waals surface area contributed by atoms with Crippen LogP contribution in [0.2, 0.25) is 0 Å². The number of amides is 1. The lowest BCUT2D eigenvalue weighted by Gasteiger charge is -2.40. The number of carbonyl (C=O) groups excluding carboxylic acids is 1. The van der Waals surface area contributed by atoms with Gasteiger partial charge in [0.2, 0.25) is 5.91 Å². The Morgan fingerprint density at radius 2 is 0.803 bits per heavy atom. The molecule has 7 atom stereocenters. The SMILES string of the molecule is CCCCCCCCCCCCCC/C=C\CCCCCCCCCCCCC(=O)NC(COC1OC(CO)C(O)C(O)C1O)C(O)/C=C/CC/C=C/CC/C=C/CCCCCCCCCCCCCC. The van der Waals surface area contributed by atoms with E-state index in [1.807, 2.05) is 6.08 Å². The number of allylic oxidation sites excluding steroid dienone is 7. The van der Waals surface area contributed by atoms with Gasteiger partial charge in [-0.25, -0.2) is 0 Å². The lowest BCUT2D eigenvalue weighted by atomic mass is 9.99. The zero-order valence-corrected chi connectivity index (χ0v) is 46.2. The topological polar surface area (TPSA) is 149 Å². The number of hydrogen-bond donors (Lipinski definition) is 6. The summed E-state index contributed by atoms with van der Waals surface area (Å²) in [5, 5.41) is 54.5. The molecule has 0 bridgehead atoms. The fraction of sp³-hybridized carbons (Fsp3) is 0.855. The Hall–Kier alpha value is -1.85. The summed E-state index contributed by atoms with van der Waals surface area (Å²) in [7, 11) is 0. The van der Waals surface area contributed by atoms with Crippen LogP contribution in [0, 0.1) is 0 Å². The van der Waals surface area contributed by atoms with E-state index in [0.29, 0.717) is 6.42 Å². The summed E-state index contributed by atoms with van der Waals surface area (Å²) in [6, 6.07) is -0.830. The van der Waals surface area contributed by atoms with E-state index in [9.17, 15) is 30.3 Å². The molecule has 1 aliphatic heterocycles. The molecular weight excluding hydrogens is 887 g/mol. The van der Waals surface area contributed by atoms with Gasteiger partial charge in [-0.1, -0.05) is 255 Å².